The van der Waals surface area contributed by atoms with E-state index in [2.05, 4.69) is 4.98 Å². The first-order valence-corrected chi connectivity index (χ1v) is 6.05. The summed E-state index contributed by atoms with van der Waals surface area (Å²) in [6, 6.07) is 9.78. The molecule has 0 aliphatic rings. The number of hydrogen-bond acceptors (Lipinski definition) is 2. The SMILES string of the molecule is N#C/C(=C\c1cccc(Cl)c1F)c1ccc(Cl)cn1. The molecule has 2 aromatic rings. The predicted molar refractivity (Wildman–Crippen MR) is 74.1 cm³/mol. The van der Waals surface area contributed by atoms with E-state index >= 15 is 0 Å². The molecule has 0 atom stereocenters. The Balaban J connectivity index is 2.48. The van der Waals surface area contributed by atoms with Crippen molar-refractivity contribution in [3.05, 3.63) is 63.6 Å². The number of halogens is 3. The topological polar surface area (TPSA) is 36.7 Å². The quantitative estimate of drug-likeness (QED) is 0.759. The number of nitrogens with zero attached hydrogens (tertiary/aromatic N) is 2. The van der Waals surface area contributed by atoms with E-state index in [1.54, 1.807) is 18.2 Å². The summed E-state index contributed by atoms with van der Waals surface area (Å²) < 4.78 is 13.8. The smallest absolute Gasteiger partial charge is 0.149 e. The van der Waals surface area contributed by atoms with Crippen molar-refractivity contribution >= 4 is 34.9 Å². The number of benzene rings is 1. The second kappa shape index (κ2) is 5.83. The number of nitriles is 1. The van der Waals surface area contributed by atoms with Gasteiger partial charge in [-0.05, 0) is 24.3 Å². The van der Waals surface area contributed by atoms with Crippen molar-refractivity contribution in [3.8, 4) is 6.07 Å². The number of hydrogen-bond donors (Lipinski definition) is 0. The van der Waals surface area contributed by atoms with Gasteiger partial charge in [0.05, 0.1) is 21.3 Å². The van der Waals surface area contributed by atoms with E-state index in [-0.39, 0.29) is 16.2 Å². The molecule has 5 heteroatoms. The molecule has 0 saturated carbocycles. The minimum atomic E-state index is -0.564. The highest BCUT2D eigenvalue weighted by Gasteiger charge is 2.07. The van der Waals surface area contributed by atoms with Gasteiger partial charge in [0.15, 0.2) is 0 Å². The van der Waals surface area contributed by atoms with Crippen LogP contribution in [0.3, 0.4) is 0 Å². The van der Waals surface area contributed by atoms with Crippen molar-refractivity contribution in [2.24, 2.45) is 0 Å². The molecule has 1 aromatic heterocycles. The molecule has 1 heterocycles. The van der Waals surface area contributed by atoms with Gasteiger partial charge < -0.3 is 0 Å². The van der Waals surface area contributed by atoms with Gasteiger partial charge in [0.2, 0.25) is 0 Å². The fraction of sp³-hybridized carbons (Fsp3) is 0. The maximum Gasteiger partial charge on any atom is 0.149 e. The Labute approximate surface area is 119 Å². The second-order valence-electron chi connectivity index (χ2n) is 3.67. The van der Waals surface area contributed by atoms with Crippen molar-refractivity contribution in [1.82, 2.24) is 4.98 Å². The summed E-state index contributed by atoms with van der Waals surface area (Å²) >= 11 is 11.4. The van der Waals surface area contributed by atoms with Crippen LogP contribution >= 0.6 is 23.2 Å². The third-order valence-corrected chi connectivity index (χ3v) is 2.92. The van der Waals surface area contributed by atoms with E-state index in [1.165, 1.54) is 24.4 Å². The predicted octanol–water partition coefficient (Wildman–Crippen LogP) is 4.59. The molecular weight excluding hydrogens is 286 g/mol. The average Bonchev–Trinajstić information content (AvgIpc) is 2.42. The zero-order valence-electron chi connectivity index (χ0n) is 9.57. The summed E-state index contributed by atoms with van der Waals surface area (Å²) in [7, 11) is 0. The number of aromatic nitrogens is 1. The fourth-order valence-electron chi connectivity index (χ4n) is 1.49. The van der Waals surface area contributed by atoms with Gasteiger partial charge in [-0.25, -0.2) is 4.39 Å². The van der Waals surface area contributed by atoms with Crippen LogP contribution < -0.4 is 0 Å². The Kier molecular flexibility index (Phi) is 4.16. The molecular formula is C14H7Cl2FN2. The highest BCUT2D eigenvalue weighted by molar-refractivity contribution is 6.31. The third kappa shape index (κ3) is 3.11. The molecule has 2 nitrogen and oxygen atoms in total. The highest BCUT2D eigenvalue weighted by atomic mass is 35.5. The van der Waals surface area contributed by atoms with Crippen molar-refractivity contribution in [2.75, 3.05) is 0 Å². The van der Waals surface area contributed by atoms with Crippen LogP contribution in [0.2, 0.25) is 10.0 Å². The van der Waals surface area contributed by atoms with Crippen molar-refractivity contribution in [1.29, 1.82) is 5.26 Å². The lowest BCUT2D eigenvalue weighted by Gasteiger charge is -2.01. The van der Waals surface area contributed by atoms with E-state index in [0.29, 0.717) is 10.7 Å². The average molecular weight is 293 g/mol. The van der Waals surface area contributed by atoms with E-state index in [0.717, 1.165) is 0 Å². The first-order chi connectivity index (χ1) is 9.11. The molecule has 0 unspecified atom stereocenters. The molecule has 0 saturated heterocycles. The van der Waals surface area contributed by atoms with Crippen molar-refractivity contribution in [2.45, 2.75) is 0 Å². The Morgan fingerprint density at radius 3 is 2.68 bits per heavy atom. The van der Waals surface area contributed by atoms with E-state index in [4.69, 9.17) is 28.5 Å². The summed E-state index contributed by atoms with van der Waals surface area (Å²) in [5.41, 5.74) is 0.893. The van der Waals surface area contributed by atoms with Gasteiger partial charge in [-0.1, -0.05) is 35.3 Å². The molecule has 94 valence electrons. The standard InChI is InChI=1S/C14H7Cl2FN2/c15-11-4-5-13(19-8-11)10(7-18)6-9-2-1-3-12(16)14(9)17/h1-6,8H/b10-6+. The lowest BCUT2D eigenvalue weighted by atomic mass is 10.1. The Morgan fingerprint density at radius 1 is 1.26 bits per heavy atom. The second-order valence-corrected chi connectivity index (χ2v) is 4.52. The van der Waals surface area contributed by atoms with Crippen LogP contribution in [-0.4, -0.2) is 4.98 Å². The summed E-state index contributed by atoms with van der Waals surface area (Å²) in [5, 5.41) is 9.60. The first kappa shape index (κ1) is 13.5. The molecule has 0 fully saturated rings. The van der Waals surface area contributed by atoms with Crippen LogP contribution in [0.1, 0.15) is 11.3 Å². The summed E-state index contributed by atoms with van der Waals surface area (Å²) in [5.74, 6) is -0.564. The van der Waals surface area contributed by atoms with Crippen LogP contribution in [-0.2, 0) is 0 Å². The van der Waals surface area contributed by atoms with Crippen LogP contribution in [0, 0.1) is 17.1 Å². The normalized spacial score (nSPS) is 11.2. The van der Waals surface area contributed by atoms with Crippen molar-refractivity contribution < 1.29 is 4.39 Å². The van der Waals surface area contributed by atoms with E-state index in [1.807, 2.05) is 6.07 Å². The largest absolute Gasteiger partial charge is 0.254 e. The Bertz CT molecular complexity index is 673. The van der Waals surface area contributed by atoms with Gasteiger partial charge in [0, 0.05) is 11.8 Å². The monoisotopic (exact) mass is 292 g/mol. The summed E-state index contributed by atoms with van der Waals surface area (Å²) in [4.78, 5) is 4.02. The van der Waals surface area contributed by atoms with E-state index < -0.39 is 5.82 Å². The van der Waals surface area contributed by atoms with Gasteiger partial charge >= 0.3 is 0 Å². The molecule has 19 heavy (non-hydrogen) atoms. The maximum absolute atomic E-state index is 13.8. The lowest BCUT2D eigenvalue weighted by Crippen LogP contribution is -1.89. The maximum atomic E-state index is 13.8. The molecule has 0 aliphatic heterocycles. The third-order valence-electron chi connectivity index (χ3n) is 2.41. The molecule has 0 aliphatic carbocycles. The van der Waals surface area contributed by atoms with Gasteiger partial charge in [-0.3, -0.25) is 4.98 Å². The zero-order valence-corrected chi connectivity index (χ0v) is 11.1. The molecule has 1 aromatic carbocycles. The zero-order chi connectivity index (χ0) is 13.8. The minimum Gasteiger partial charge on any atom is -0.254 e. The van der Waals surface area contributed by atoms with E-state index in [9.17, 15) is 4.39 Å². The Morgan fingerprint density at radius 2 is 2.05 bits per heavy atom. The van der Waals surface area contributed by atoms with Crippen LogP contribution in [0.5, 0.6) is 0 Å². The van der Waals surface area contributed by atoms with Gasteiger partial charge in [0.25, 0.3) is 0 Å². The minimum absolute atomic E-state index is 0.00936. The van der Waals surface area contributed by atoms with Gasteiger partial charge in [-0.2, -0.15) is 5.26 Å². The molecule has 2 rings (SSSR count). The number of allylic oxidation sites excluding steroid dienone is 1. The number of rotatable bonds is 2. The molecule has 0 spiro atoms. The van der Waals surface area contributed by atoms with Gasteiger partial charge in [0.1, 0.15) is 11.9 Å². The highest BCUT2D eigenvalue weighted by Crippen LogP contribution is 2.23. The van der Waals surface area contributed by atoms with Crippen LogP contribution in [0.15, 0.2) is 36.5 Å². The summed E-state index contributed by atoms with van der Waals surface area (Å²) in [6.07, 6.45) is 2.83. The van der Waals surface area contributed by atoms with Crippen LogP contribution in [0.25, 0.3) is 11.6 Å². The van der Waals surface area contributed by atoms with Crippen molar-refractivity contribution in [3.63, 3.8) is 0 Å². The lowest BCUT2D eigenvalue weighted by molar-refractivity contribution is 0.625. The molecule has 0 amide bonds. The molecule has 0 bridgehead atoms. The summed E-state index contributed by atoms with van der Waals surface area (Å²) in [6.45, 7) is 0. The first-order valence-electron chi connectivity index (χ1n) is 5.29. The molecule has 0 radical (unpaired) electrons. The fourth-order valence-corrected chi connectivity index (χ4v) is 1.78. The Hall–Kier alpha value is -1.89. The van der Waals surface area contributed by atoms with Crippen LogP contribution in [0.4, 0.5) is 4.39 Å². The number of pyridine rings is 1. The molecule has 0 N–H and O–H groups in total. The van der Waals surface area contributed by atoms with Gasteiger partial charge in [-0.15, -0.1) is 0 Å².